The van der Waals surface area contributed by atoms with Gasteiger partial charge in [0.1, 0.15) is 0 Å². The fourth-order valence-corrected chi connectivity index (χ4v) is 5.62. The third-order valence-corrected chi connectivity index (χ3v) is 6.36. The smallest absolute Gasteiger partial charge is 0.231 e. The van der Waals surface area contributed by atoms with Gasteiger partial charge in [-0.2, -0.15) is 25.1 Å². The predicted octanol–water partition coefficient (Wildman–Crippen LogP) is 3.59. The Balaban J connectivity index is 1.97. The highest BCUT2D eigenvalue weighted by molar-refractivity contribution is 6.31. The molecule has 1 aromatic heterocycles. The zero-order valence-electron chi connectivity index (χ0n) is 18.2. The van der Waals surface area contributed by atoms with Gasteiger partial charge in [0, 0.05) is 36.3 Å². The summed E-state index contributed by atoms with van der Waals surface area (Å²) in [5, 5.41) is 4.33. The van der Waals surface area contributed by atoms with Gasteiger partial charge < -0.3 is 14.6 Å². The van der Waals surface area contributed by atoms with Gasteiger partial charge in [-0.05, 0) is 76.6 Å². The minimum atomic E-state index is -0.159. The molecule has 0 radical (unpaired) electrons. The molecule has 2 fully saturated rings. The van der Waals surface area contributed by atoms with Crippen molar-refractivity contribution in [3.05, 3.63) is 10.6 Å². The predicted molar refractivity (Wildman–Crippen MR) is 114 cm³/mol. The number of hydrogen-bond donors (Lipinski definition) is 0. The largest absolute Gasteiger partial charge is 0.334 e. The quantitative estimate of drug-likeness (QED) is 0.679. The summed E-state index contributed by atoms with van der Waals surface area (Å²) >= 11 is 12.3. The number of rotatable bonds is 5. The van der Waals surface area contributed by atoms with Crippen LogP contribution in [0.15, 0.2) is 0 Å². The standard InChI is InChI=1S/C19H32Cl2N6O2/c1-18(2)11-14(12-19(3,4)27(18)29-6)26(13-7-9-25(28-5)10-8-13)17-23-15(20)22-16(21)24-17/h13-14H,7-12H2,1-6H3. The average molecular weight is 447 g/mol. The number of piperidine rings is 2. The third kappa shape index (κ3) is 4.94. The van der Waals surface area contributed by atoms with Crippen LogP contribution in [0.2, 0.25) is 10.6 Å². The van der Waals surface area contributed by atoms with E-state index >= 15 is 0 Å². The van der Waals surface area contributed by atoms with E-state index in [1.807, 2.05) is 5.06 Å². The van der Waals surface area contributed by atoms with E-state index in [0.29, 0.717) is 5.95 Å². The molecule has 10 heteroatoms. The van der Waals surface area contributed by atoms with E-state index in [9.17, 15) is 0 Å². The van der Waals surface area contributed by atoms with E-state index in [2.05, 4.69) is 52.6 Å². The molecule has 8 nitrogen and oxygen atoms in total. The van der Waals surface area contributed by atoms with Crippen molar-refractivity contribution in [2.45, 2.75) is 76.5 Å². The van der Waals surface area contributed by atoms with Crippen LogP contribution in [0.25, 0.3) is 0 Å². The van der Waals surface area contributed by atoms with Crippen LogP contribution in [-0.4, -0.2) is 75.5 Å². The van der Waals surface area contributed by atoms with Crippen molar-refractivity contribution in [3.63, 3.8) is 0 Å². The molecule has 0 atom stereocenters. The lowest BCUT2D eigenvalue weighted by atomic mass is 9.77. The topological polar surface area (TPSA) is 66.9 Å². The molecule has 0 saturated carbocycles. The number of aromatic nitrogens is 3. The molecule has 3 heterocycles. The molecular weight excluding hydrogens is 415 g/mol. The van der Waals surface area contributed by atoms with E-state index in [1.54, 1.807) is 14.2 Å². The molecule has 2 aliphatic heterocycles. The fraction of sp³-hybridized carbons (Fsp3) is 0.842. The van der Waals surface area contributed by atoms with Crippen LogP contribution in [0.5, 0.6) is 0 Å². The lowest BCUT2D eigenvalue weighted by Gasteiger charge is -2.56. The van der Waals surface area contributed by atoms with Gasteiger partial charge in [-0.15, -0.1) is 0 Å². The van der Waals surface area contributed by atoms with Crippen molar-refractivity contribution in [1.82, 2.24) is 25.1 Å². The first-order valence-electron chi connectivity index (χ1n) is 10.1. The van der Waals surface area contributed by atoms with Crippen LogP contribution >= 0.6 is 23.2 Å². The van der Waals surface area contributed by atoms with Crippen LogP contribution < -0.4 is 4.90 Å². The third-order valence-electron chi connectivity index (χ3n) is 6.02. The summed E-state index contributed by atoms with van der Waals surface area (Å²) in [4.78, 5) is 26.4. The molecule has 0 N–H and O–H groups in total. The summed E-state index contributed by atoms with van der Waals surface area (Å²) in [6.45, 7) is 10.6. The molecule has 3 rings (SSSR count). The molecule has 164 valence electrons. The van der Waals surface area contributed by atoms with Gasteiger partial charge in [-0.25, -0.2) is 0 Å². The molecule has 0 unspecified atom stereocenters. The minimum Gasteiger partial charge on any atom is -0.334 e. The minimum absolute atomic E-state index is 0.118. The monoisotopic (exact) mass is 446 g/mol. The molecule has 2 aliphatic rings. The van der Waals surface area contributed by atoms with Crippen molar-refractivity contribution in [2.75, 3.05) is 32.2 Å². The maximum Gasteiger partial charge on any atom is 0.231 e. The van der Waals surface area contributed by atoms with Gasteiger partial charge >= 0.3 is 0 Å². The Morgan fingerprint density at radius 3 is 1.83 bits per heavy atom. The van der Waals surface area contributed by atoms with Crippen molar-refractivity contribution in [2.24, 2.45) is 0 Å². The molecular formula is C19H32Cl2N6O2. The number of hydroxylamine groups is 4. The number of nitrogens with zero attached hydrogens (tertiary/aromatic N) is 6. The highest BCUT2D eigenvalue weighted by Crippen LogP contribution is 2.42. The summed E-state index contributed by atoms with van der Waals surface area (Å²) in [6, 6.07) is 0.474. The highest BCUT2D eigenvalue weighted by atomic mass is 35.5. The summed E-state index contributed by atoms with van der Waals surface area (Å²) in [5.41, 5.74) is -0.319. The molecule has 0 bridgehead atoms. The Kier molecular flexibility index (Phi) is 6.92. The molecule has 0 amide bonds. The maximum absolute atomic E-state index is 6.15. The van der Waals surface area contributed by atoms with E-state index < -0.39 is 0 Å². The number of anilines is 1. The number of halogens is 2. The second kappa shape index (κ2) is 8.77. The average Bonchev–Trinajstić information content (AvgIpc) is 2.60. The van der Waals surface area contributed by atoms with Crippen LogP contribution in [0.3, 0.4) is 0 Å². The summed E-state index contributed by atoms with van der Waals surface area (Å²) in [6.07, 6.45) is 3.69. The normalized spacial score (nSPS) is 24.0. The molecule has 29 heavy (non-hydrogen) atoms. The summed E-state index contributed by atoms with van der Waals surface area (Å²) in [7, 11) is 3.46. The number of hydrogen-bond acceptors (Lipinski definition) is 8. The van der Waals surface area contributed by atoms with Crippen molar-refractivity contribution >= 4 is 29.2 Å². The molecule has 0 spiro atoms. The van der Waals surface area contributed by atoms with Crippen molar-refractivity contribution < 1.29 is 9.68 Å². The van der Waals surface area contributed by atoms with Crippen molar-refractivity contribution in [3.8, 4) is 0 Å². The van der Waals surface area contributed by atoms with Crippen LogP contribution in [0.1, 0.15) is 53.4 Å². The maximum atomic E-state index is 6.15. The summed E-state index contributed by atoms with van der Waals surface area (Å²) in [5.74, 6) is 0.549. The molecule has 2 saturated heterocycles. The van der Waals surface area contributed by atoms with Crippen LogP contribution in [-0.2, 0) is 9.68 Å². The second-order valence-corrected chi connectivity index (χ2v) is 9.76. The van der Waals surface area contributed by atoms with Crippen LogP contribution in [0.4, 0.5) is 5.95 Å². The molecule has 0 aliphatic carbocycles. The fourth-order valence-electron chi connectivity index (χ4n) is 5.26. The lowest BCUT2D eigenvalue weighted by molar-refractivity contribution is -0.266. The SMILES string of the molecule is CON1CCC(N(c2nc(Cl)nc(Cl)n2)C2CC(C)(C)N(OC)C(C)(C)C2)CC1. The first-order valence-corrected chi connectivity index (χ1v) is 10.8. The Morgan fingerprint density at radius 2 is 1.38 bits per heavy atom. The van der Waals surface area contributed by atoms with Gasteiger partial charge in [0.25, 0.3) is 0 Å². The zero-order chi connectivity index (χ0) is 21.4. The van der Waals surface area contributed by atoms with Crippen LogP contribution in [0, 0.1) is 0 Å². The molecule has 0 aromatic carbocycles. The molecule has 1 aromatic rings. The van der Waals surface area contributed by atoms with Gasteiger partial charge in [-0.1, -0.05) is 0 Å². The van der Waals surface area contributed by atoms with Gasteiger partial charge in [0.2, 0.25) is 16.5 Å². The summed E-state index contributed by atoms with van der Waals surface area (Å²) < 4.78 is 0. The first kappa shape index (κ1) is 22.9. The van der Waals surface area contributed by atoms with E-state index in [1.165, 1.54) is 0 Å². The second-order valence-electron chi connectivity index (χ2n) is 9.09. The van der Waals surface area contributed by atoms with Crippen molar-refractivity contribution in [1.29, 1.82) is 0 Å². The lowest BCUT2D eigenvalue weighted by Crippen LogP contribution is -2.65. The van der Waals surface area contributed by atoms with Gasteiger partial charge in [0.05, 0.1) is 14.2 Å². The Labute approximate surface area is 183 Å². The van der Waals surface area contributed by atoms with E-state index in [4.69, 9.17) is 32.9 Å². The Hall–Kier alpha value is -0.770. The van der Waals surface area contributed by atoms with Gasteiger partial charge in [-0.3, -0.25) is 0 Å². The Bertz CT molecular complexity index is 674. The Morgan fingerprint density at radius 1 is 0.862 bits per heavy atom. The zero-order valence-corrected chi connectivity index (χ0v) is 19.7. The van der Waals surface area contributed by atoms with E-state index in [-0.39, 0.29) is 33.7 Å². The van der Waals surface area contributed by atoms with Gasteiger partial charge in [0.15, 0.2) is 0 Å². The first-order chi connectivity index (χ1) is 13.6. The highest BCUT2D eigenvalue weighted by Gasteiger charge is 2.49. The van der Waals surface area contributed by atoms with E-state index in [0.717, 1.165) is 38.8 Å².